The van der Waals surface area contributed by atoms with Gasteiger partial charge in [-0.3, -0.25) is 4.79 Å². The second kappa shape index (κ2) is 2.65. The zero-order chi connectivity index (χ0) is 9.41. The fraction of sp³-hybridized carbons (Fsp3) is 0.857. The summed E-state index contributed by atoms with van der Waals surface area (Å²) in [7, 11) is 0. The van der Waals surface area contributed by atoms with Crippen molar-refractivity contribution < 1.29 is 18.7 Å². The van der Waals surface area contributed by atoms with Crippen LogP contribution in [0.15, 0.2) is 0 Å². The molecule has 3 N–H and O–H groups in total. The van der Waals surface area contributed by atoms with Crippen molar-refractivity contribution in [2.75, 3.05) is 6.54 Å². The molecule has 0 spiro atoms. The van der Waals surface area contributed by atoms with Gasteiger partial charge in [0.2, 0.25) is 0 Å². The molecule has 70 valence electrons. The highest BCUT2D eigenvalue weighted by Crippen LogP contribution is 2.62. The van der Waals surface area contributed by atoms with E-state index >= 15 is 0 Å². The predicted octanol–water partition coefficient (Wildman–Crippen LogP) is 0.835. The fourth-order valence-electron chi connectivity index (χ4n) is 1.32. The van der Waals surface area contributed by atoms with Crippen LogP contribution in [-0.4, -0.2) is 23.5 Å². The minimum Gasteiger partial charge on any atom is -0.481 e. The molecule has 0 aromatic rings. The molecule has 0 amide bonds. The molecule has 3 nitrogen and oxygen atoms in total. The largest absolute Gasteiger partial charge is 0.481 e. The first-order valence-corrected chi connectivity index (χ1v) is 3.73. The molecule has 1 saturated carbocycles. The highest BCUT2D eigenvalue weighted by Gasteiger charge is 2.69. The van der Waals surface area contributed by atoms with Crippen LogP contribution in [0.5, 0.6) is 0 Å². The number of carboxylic acids is 1. The highest BCUT2D eigenvalue weighted by molar-refractivity contribution is 5.66. The van der Waals surface area contributed by atoms with Crippen LogP contribution < -0.4 is 5.73 Å². The molecule has 0 saturated heterocycles. The number of nitrogens with two attached hydrogens (primary N) is 1. The molecule has 1 aliphatic rings. The van der Waals surface area contributed by atoms with Gasteiger partial charge < -0.3 is 10.8 Å². The van der Waals surface area contributed by atoms with Crippen LogP contribution in [0.1, 0.15) is 19.3 Å². The molecule has 1 rings (SSSR count). The van der Waals surface area contributed by atoms with E-state index in [0.29, 0.717) is 0 Å². The maximum absolute atomic E-state index is 12.6. The first-order valence-electron chi connectivity index (χ1n) is 3.73. The monoisotopic (exact) mass is 179 g/mol. The molecule has 0 aliphatic heterocycles. The van der Waals surface area contributed by atoms with Crippen LogP contribution >= 0.6 is 0 Å². The molecule has 12 heavy (non-hydrogen) atoms. The van der Waals surface area contributed by atoms with E-state index in [1.54, 1.807) is 0 Å². The lowest BCUT2D eigenvalue weighted by atomic mass is 10.00. The summed E-state index contributed by atoms with van der Waals surface area (Å²) >= 11 is 0. The maximum atomic E-state index is 12.6. The van der Waals surface area contributed by atoms with Crippen LogP contribution in [0.3, 0.4) is 0 Å². The molecule has 1 unspecified atom stereocenters. The van der Waals surface area contributed by atoms with Crippen molar-refractivity contribution in [2.24, 2.45) is 11.1 Å². The lowest BCUT2D eigenvalue weighted by molar-refractivity contribution is -0.137. The average molecular weight is 179 g/mol. The molecule has 5 heteroatoms. The van der Waals surface area contributed by atoms with Crippen LogP contribution in [0.25, 0.3) is 0 Å². The van der Waals surface area contributed by atoms with E-state index in [4.69, 9.17) is 10.8 Å². The zero-order valence-electron chi connectivity index (χ0n) is 6.52. The van der Waals surface area contributed by atoms with Gasteiger partial charge in [-0.2, -0.15) is 0 Å². The Morgan fingerprint density at radius 2 is 2.08 bits per heavy atom. The molecule has 0 heterocycles. The number of hydrogen-bond acceptors (Lipinski definition) is 2. The third-order valence-electron chi connectivity index (χ3n) is 2.42. The predicted molar refractivity (Wildman–Crippen MR) is 37.9 cm³/mol. The van der Waals surface area contributed by atoms with E-state index in [0.717, 1.165) is 0 Å². The van der Waals surface area contributed by atoms with Gasteiger partial charge >= 0.3 is 5.97 Å². The molecular formula is C7H11F2NO2. The minimum absolute atomic E-state index is 0.0220. The number of aliphatic carboxylic acids is 1. The van der Waals surface area contributed by atoms with Crippen molar-refractivity contribution in [3.63, 3.8) is 0 Å². The van der Waals surface area contributed by atoms with Crippen molar-refractivity contribution in [3.8, 4) is 0 Å². The second-order valence-electron chi connectivity index (χ2n) is 3.26. The van der Waals surface area contributed by atoms with Crippen LogP contribution in [-0.2, 0) is 4.79 Å². The summed E-state index contributed by atoms with van der Waals surface area (Å²) in [5, 5.41) is 8.28. The number of rotatable bonds is 4. The average Bonchev–Trinajstić information content (AvgIpc) is 2.51. The van der Waals surface area contributed by atoms with E-state index < -0.39 is 17.3 Å². The Bertz CT molecular complexity index is 208. The molecule has 0 radical (unpaired) electrons. The number of hydrogen-bond donors (Lipinski definition) is 2. The Hall–Kier alpha value is -0.710. The summed E-state index contributed by atoms with van der Waals surface area (Å²) in [6.45, 7) is -0.132. The normalized spacial score (nSPS) is 31.6. The second-order valence-corrected chi connectivity index (χ2v) is 3.26. The first kappa shape index (κ1) is 9.38. The van der Waals surface area contributed by atoms with E-state index in [2.05, 4.69) is 0 Å². The van der Waals surface area contributed by atoms with Crippen molar-refractivity contribution >= 4 is 5.97 Å². The summed E-state index contributed by atoms with van der Waals surface area (Å²) in [5.41, 5.74) is 3.94. The molecule has 1 aliphatic carbocycles. The molecule has 1 fully saturated rings. The molecule has 0 bridgehead atoms. The minimum atomic E-state index is -2.74. The van der Waals surface area contributed by atoms with Crippen LogP contribution in [0.4, 0.5) is 8.78 Å². The van der Waals surface area contributed by atoms with Gasteiger partial charge in [-0.15, -0.1) is 0 Å². The van der Waals surface area contributed by atoms with E-state index in [1.807, 2.05) is 0 Å². The van der Waals surface area contributed by atoms with Gasteiger partial charge in [0.1, 0.15) is 0 Å². The Balaban J connectivity index is 2.45. The topological polar surface area (TPSA) is 63.3 Å². The number of halogens is 2. The van der Waals surface area contributed by atoms with Crippen molar-refractivity contribution in [3.05, 3.63) is 0 Å². The smallest absolute Gasteiger partial charge is 0.303 e. The van der Waals surface area contributed by atoms with Gasteiger partial charge in [-0.25, -0.2) is 8.78 Å². The number of alkyl halides is 2. The highest BCUT2D eigenvalue weighted by atomic mass is 19.3. The standard InChI is InChI=1S/C7H11F2NO2/c8-7(9)3-6(7,4-10)2-1-5(11)12/h1-4,10H2,(H,11,12). The van der Waals surface area contributed by atoms with Crippen molar-refractivity contribution in [1.82, 2.24) is 0 Å². The van der Waals surface area contributed by atoms with E-state index in [-0.39, 0.29) is 25.8 Å². The molecule has 0 aromatic heterocycles. The van der Waals surface area contributed by atoms with E-state index in [9.17, 15) is 13.6 Å². The maximum Gasteiger partial charge on any atom is 0.303 e. The molecule has 0 aromatic carbocycles. The molecular weight excluding hydrogens is 168 g/mol. The van der Waals surface area contributed by atoms with Gasteiger partial charge in [0.15, 0.2) is 0 Å². The quantitative estimate of drug-likeness (QED) is 0.672. The van der Waals surface area contributed by atoms with Gasteiger partial charge in [0, 0.05) is 19.4 Å². The van der Waals surface area contributed by atoms with Gasteiger partial charge in [-0.1, -0.05) is 0 Å². The van der Waals surface area contributed by atoms with Crippen LogP contribution in [0, 0.1) is 5.41 Å². The first-order chi connectivity index (χ1) is 5.43. The van der Waals surface area contributed by atoms with Crippen molar-refractivity contribution in [1.29, 1.82) is 0 Å². The Morgan fingerprint density at radius 1 is 1.58 bits per heavy atom. The lowest BCUT2D eigenvalue weighted by Crippen LogP contribution is -2.23. The summed E-state index contributed by atoms with van der Waals surface area (Å²) in [6.07, 6.45) is -0.512. The van der Waals surface area contributed by atoms with Gasteiger partial charge in [0.05, 0.1) is 5.41 Å². The van der Waals surface area contributed by atoms with E-state index in [1.165, 1.54) is 0 Å². The third kappa shape index (κ3) is 1.41. The Labute approximate surface area is 68.5 Å². The fourth-order valence-corrected chi connectivity index (χ4v) is 1.32. The molecule has 1 atom stereocenters. The Morgan fingerprint density at radius 3 is 2.33 bits per heavy atom. The van der Waals surface area contributed by atoms with Crippen LogP contribution in [0.2, 0.25) is 0 Å². The third-order valence-corrected chi connectivity index (χ3v) is 2.42. The summed E-state index contributed by atoms with van der Waals surface area (Å²) in [5.74, 6) is -3.79. The summed E-state index contributed by atoms with van der Waals surface area (Å²) < 4.78 is 25.3. The number of carboxylic acid groups (broad SMARTS) is 1. The number of carbonyl (C=O) groups is 1. The SMILES string of the molecule is NCC1(CCC(=O)O)CC1(F)F. The lowest BCUT2D eigenvalue weighted by Gasteiger charge is -2.11. The van der Waals surface area contributed by atoms with Crippen molar-refractivity contribution in [2.45, 2.75) is 25.2 Å². The summed E-state index contributed by atoms with van der Waals surface area (Å²) in [6, 6.07) is 0. The summed E-state index contributed by atoms with van der Waals surface area (Å²) in [4.78, 5) is 10.1. The van der Waals surface area contributed by atoms with Gasteiger partial charge in [0.25, 0.3) is 5.92 Å². The zero-order valence-corrected chi connectivity index (χ0v) is 6.52. The Kier molecular flexibility index (Phi) is 2.07. The van der Waals surface area contributed by atoms with Gasteiger partial charge in [-0.05, 0) is 6.42 Å².